The van der Waals surface area contributed by atoms with Gasteiger partial charge in [-0.3, -0.25) is 0 Å². The van der Waals surface area contributed by atoms with Crippen LogP contribution in [0.15, 0.2) is 29.8 Å². The molecule has 0 spiro atoms. The Morgan fingerprint density at radius 2 is 2.09 bits per heavy atom. The minimum absolute atomic E-state index is 0.521. The Morgan fingerprint density at radius 1 is 1.23 bits per heavy atom. The number of rotatable bonds is 3. The minimum Gasteiger partial charge on any atom is -0.319 e. The van der Waals surface area contributed by atoms with Gasteiger partial charge in [0.1, 0.15) is 5.52 Å². The number of fused-ring (bicyclic) bond motifs is 1. The summed E-state index contributed by atoms with van der Waals surface area (Å²) in [4.78, 5) is 10.6. The second-order valence-electron chi connectivity index (χ2n) is 6.01. The first-order chi connectivity index (χ1) is 10.8. The highest BCUT2D eigenvalue weighted by molar-refractivity contribution is 7.13. The topological polar surface area (TPSA) is 42.7 Å². The summed E-state index contributed by atoms with van der Waals surface area (Å²) in [5, 5.41) is 2.10. The number of thiophene rings is 1. The summed E-state index contributed by atoms with van der Waals surface area (Å²) in [6.45, 7) is 2.10. The highest BCUT2D eigenvalue weighted by Gasteiger charge is 2.20. The summed E-state index contributed by atoms with van der Waals surface area (Å²) < 4.78 is 2.12. The Morgan fingerprint density at radius 3 is 2.86 bits per heavy atom. The van der Waals surface area contributed by atoms with Crippen molar-refractivity contribution >= 4 is 22.5 Å². The highest BCUT2D eigenvalue weighted by atomic mass is 32.1. The van der Waals surface area contributed by atoms with E-state index in [1.165, 1.54) is 42.5 Å². The number of hydrogen-bond acceptors (Lipinski definition) is 4. The monoisotopic (exact) mass is 312 g/mol. The van der Waals surface area contributed by atoms with Crippen LogP contribution in [0.25, 0.3) is 21.9 Å². The maximum Gasteiger partial charge on any atom is 0.179 e. The van der Waals surface area contributed by atoms with Crippen LogP contribution in [0.3, 0.4) is 0 Å². The predicted molar refractivity (Wildman–Crippen MR) is 91.8 cm³/mol. The van der Waals surface area contributed by atoms with Crippen molar-refractivity contribution in [2.45, 2.75) is 45.1 Å². The standard InChI is InChI=1S/C17H20N4S/c1-12-9-10-18-17-15(12)19-16(14-8-5-11-22-14)21(17)20-13-6-3-2-4-7-13/h5,8-11,13,20H,2-4,6-7H2,1H3. The summed E-state index contributed by atoms with van der Waals surface area (Å²) in [6.07, 6.45) is 8.31. The number of nitrogens with zero attached hydrogens (tertiary/aromatic N) is 3. The van der Waals surface area contributed by atoms with Crippen LogP contribution in [-0.4, -0.2) is 20.7 Å². The molecule has 5 heteroatoms. The average Bonchev–Trinajstić information content (AvgIpc) is 3.17. The lowest BCUT2D eigenvalue weighted by atomic mass is 9.96. The smallest absolute Gasteiger partial charge is 0.179 e. The number of aromatic nitrogens is 3. The second-order valence-corrected chi connectivity index (χ2v) is 6.96. The zero-order valence-electron chi connectivity index (χ0n) is 12.7. The van der Waals surface area contributed by atoms with E-state index in [0.717, 1.165) is 17.0 Å². The Kier molecular flexibility index (Phi) is 3.58. The van der Waals surface area contributed by atoms with Crippen molar-refractivity contribution in [1.82, 2.24) is 14.6 Å². The Hall–Kier alpha value is -1.88. The third-order valence-electron chi connectivity index (χ3n) is 4.41. The van der Waals surface area contributed by atoms with E-state index in [2.05, 4.69) is 39.5 Å². The first-order valence-corrected chi connectivity index (χ1v) is 8.85. The van der Waals surface area contributed by atoms with E-state index >= 15 is 0 Å². The van der Waals surface area contributed by atoms with E-state index in [1.807, 2.05) is 12.3 Å². The predicted octanol–water partition coefficient (Wildman–Crippen LogP) is 4.34. The number of nitrogens with one attached hydrogen (secondary N) is 1. The first kappa shape index (κ1) is 13.8. The summed E-state index contributed by atoms with van der Waals surface area (Å²) >= 11 is 1.72. The van der Waals surface area contributed by atoms with Gasteiger partial charge in [-0.05, 0) is 42.8 Å². The molecule has 1 fully saturated rings. The van der Waals surface area contributed by atoms with Gasteiger partial charge in [0.15, 0.2) is 11.5 Å². The van der Waals surface area contributed by atoms with Gasteiger partial charge in [-0.1, -0.05) is 25.3 Å². The molecular formula is C17H20N4S. The van der Waals surface area contributed by atoms with Crippen molar-refractivity contribution in [3.05, 3.63) is 35.3 Å². The summed E-state index contributed by atoms with van der Waals surface area (Å²) in [7, 11) is 0. The van der Waals surface area contributed by atoms with E-state index in [0.29, 0.717) is 6.04 Å². The fraction of sp³-hybridized carbons (Fsp3) is 0.412. The van der Waals surface area contributed by atoms with Gasteiger partial charge in [0.05, 0.1) is 4.88 Å². The van der Waals surface area contributed by atoms with E-state index in [-0.39, 0.29) is 0 Å². The van der Waals surface area contributed by atoms with Crippen molar-refractivity contribution in [3.63, 3.8) is 0 Å². The minimum atomic E-state index is 0.521. The third kappa shape index (κ3) is 2.39. The van der Waals surface area contributed by atoms with Crippen molar-refractivity contribution in [1.29, 1.82) is 0 Å². The van der Waals surface area contributed by atoms with Crippen LogP contribution in [-0.2, 0) is 0 Å². The summed E-state index contributed by atoms with van der Waals surface area (Å²) in [6, 6.07) is 6.75. The Labute approximate surface area is 134 Å². The molecule has 114 valence electrons. The molecule has 0 amide bonds. The molecule has 0 aromatic carbocycles. The fourth-order valence-corrected chi connectivity index (χ4v) is 3.90. The van der Waals surface area contributed by atoms with Crippen LogP contribution >= 0.6 is 11.3 Å². The van der Waals surface area contributed by atoms with Gasteiger partial charge in [0, 0.05) is 12.2 Å². The van der Waals surface area contributed by atoms with E-state index in [9.17, 15) is 0 Å². The molecule has 1 aliphatic rings. The highest BCUT2D eigenvalue weighted by Crippen LogP contribution is 2.29. The maximum atomic E-state index is 4.87. The van der Waals surface area contributed by atoms with Gasteiger partial charge in [0.25, 0.3) is 0 Å². The van der Waals surface area contributed by atoms with Crippen LogP contribution in [0.4, 0.5) is 0 Å². The van der Waals surface area contributed by atoms with Gasteiger partial charge in [-0.25, -0.2) is 14.6 Å². The summed E-state index contributed by atoms with van der Waals surface area (Å²) in [5.41, 5.74) is 6.79. The van der Waals surface area contributed by atoms with Gasteiger partial charge in [-0.2, -0.15) is 0 Å². The summed E-state index contributed by atoms with van der Waals surface area (Å²) in [5.74, 6) is 0.984. The van der Waals surface area contributed by atoms with E-state index in [4.69, 9.17) is 4.98 Å². The molecule has 0 unspecified atom stereocenters. The quantitative estimate of drug-likeness (QED) is 0.782. The van der Waals surface area contributed by atoms with Crippen molar-refractivity contribution < 1.29 is 0 Å². The molecule has 1 aliphatic carbocycles. The number of imidazole rings is 1. The van der Waals surface area contributed by atoms with Crippen molar-refractivity contribution in [2.24, 2.45) is 0 Å². The zero-order chi connectivity index (χ0) is 14.9. The van der Waals surface area contributed by atoms with Gasteiger partial charge in [0.2, 0.25) is 0 Å². The number of pyridine rings is 1. The lowest BCUT2D eigenvalue weighted by molar-refractivity contribution is 0.440. The van der Waals surface area contributed by atoms with Gasteiger partial charge in [-0.15, -0.1) is 11.3 Å². The number of hydrogen-bond donors (Lipinski definition) is 1. The van der Waals surface area contributed by atoms with Crippen molar-refractivity contribution in [3.8, 4) is 10.7 Å². The van der Waals surface area contributed by atoms with Crippen LogP contribution in [0, 0.1) is 6.92 Å². The first-order valence-electron chi connectivity index (χ1n) is 7.97. The lowest BCUT2D eigenvalue weighted by Crippen LogP contribution is -2.30. The lowest BCUT2D eigenvalue weighted by Gasteiger charge is -2.25. The third-order valence-corrected chi connectivity index (χ3v) is 5.27. The van der Waals surface area contributed by atoms with E-state index < -0.39 is 0 Å². The Balaban J connectivity index is 1.82. The molecule has 4 rings (SSSR count). The van der Waals surface area contributed by atoms with Crippen LogP contribution < -0.4 is 5.43 Å². The molecule has 0 bridgehead atoms. The van der Waals surface area contributed by atoms with Crippen LogP contribution in [0.2, 0.25) is 0 Å². The fourth-order valence-electron chi connectivity index (χ4n) is 3.20. The van der Waals surface area contributed by atoms with Crippen LogP contribution in [0.5, 0.6) is 0 Å². The maximum absolute atomic E-state index is 4.87. The van der Waals surface area contributed by atoms with Gasteiger partial charge >= 0.3 is 0 Å². The van der Waals surface area contributed by atoms with Crippen molar-refractivity contribution in [2.75, 3.05) is 5.43 Å². The van der Waals surface area contributed by atoms with Gasteiger partial charge < -0.3 is 5.43 Å². The van der Waals surface area contributed by atoms with E-state index in [1.54, 1.807) is 11.3 Å². The molecule has 1 N–H and O–H groups in total. The molecular weight excluding hydrogens is 292 g/mol. The molecule has 1 saturated carbocycles. The van der Waals surface area contributed by atoms with Crippen LogP contribution in [0.1, 0.15) is 37.7 Å². The SMILES string of the molecule is Cc1ccnc2c1nc(-c1cccs1)n2NC1CCCCC1. The molecule has 3 heterocycles. The zero-order valence-corrected chi connectivity index (χ0v) is 13.6. The molecule has 0 radical (unpaired) electrons. The molecule has 22 heavy (non-hydrogen) atoms. The Bertz CT molecular complexity index is 769. The normalized spacial score (nSPS) is 16.2. The molecule has 4 nitrogen and oxygen atoms in total. The number of aryl methyl sites for hydroxylation is 1. The molecule has 0 saturated heterocycles. The molecule has 0 atom stereocenters. The molecule has 0 aliphatic heterocycles. The molecule has 3 aromatic heterocycles. The average molecular weight is 312 g/mol. The largest absolute Gasteiger partial charge is 0.319 e. The second kappa shape index (κ2) is 5.72. The molecule has 3 aromatic rings.